The summed E-state index contributed by atoms with van der Waals surface area (Å²) >= 11 is 7.33. The zero-order valence-electron chi connectivity index (χ0n) is 7.95. The second kappa shape index (κ2) is 3.75. The second-order valence-electron chi connectivity index (χ2n) is 3.32. The summed E-state index contributed by atoms with van der Waals surface area (Å²) in [6, 6.07) is 3.80. The first-order chi connectivity index (χ1) is 6.66. The third kappa shape index (κ3) is 1.83. The third-order valence-electron chi connectivity index (χ3n) is 1.83. The lowest BCUT2D eigenvalue weighted by molar-refractivity contribution is 0.482. The molecule has 0 aliphatic rings. The molecule has 0 aromatic carbocycles. The number of rotatable bonds is 2. The monoisotopic (exact) mass is 227 g/mol. The van der Waals surface area contributed by atoms with Gasteiger partial charge >= 0.3 is 0 Å². The summed E-state index contributed by atoms with van der Waals surface area (Å²) in [5, 5.41) is 0. The Morgan fingerprint density at radius 2 is 2.21 bits per heavy atom. The molecular weight excluding hydrogens is 218 g/mol. The van der Waals surface area contributed by atoms with Crippen LogP contribution >= 0.6 is 22.9 Å². The van der Waals surface area contributed by atoms with Gasteiger partial charge in [0, 0.05) is 5.92 Å². The molecule has 0 N–H and O–H groups in total. The molecule has 0 aliphatic carbocycles. The van der Waals surface area contributed by atoms with E-state index in [4.69, 9.17) is 16.0 Å². The van der Waals surface area contributed by atoms with Crippen molar-refractivity contribution in [3.8, 4) is 10.6 Å². The number of nitrogens with zero attached hydrogens (tertiary/aromatic N) is 1. The van der Waals surface area contributed by atoms with E-state index in [2.05, 4.69) is 18.8 Å². The van der Waals surface area contributed by atoms with E-state index in [0.717, 1.165) is 20.9 Å². The summed E-state index contributed by atoms with van der Waals surface area (Å²) in [6.07, 6.45) is 1.75. The van der Waals surface area contributed by atoms with Crippen molar-refractivity contribution in [1.82, 2.24) is 4.98 Å². The minimum absolute atomic E-state index is 0.319. The quantitative estimate of drug-likeness (QED) is 0.769. The van der Waals surface area contributed by atoms with Gasteiger partial charge in [-0.2, -0.15) is 0 Å². The Kier molecular flexibility index (Phi) is 2.61. The van der Waals surface area contributed by atoms with E-state index in [0.29, 0.717) is 5.92 Å². The van der Waals surface area contributed by atoms with Crippen LogP contribution in [0, 0.1) is 0 Å². The van der Waals surface area contributed by atoms with Crippen molar-refractivity contribution in [3.63, 3.8) is 0 Å². The Morgan fingerprint density at radius 3 is 2.71 bits per heavy atom. The van der Waals surface area contributed by atoms with Crippen LogP contribution in [0.5, 0.6) is 0 Å². The van der Waals surface area contributed by atoms with Crippen molar-refractivity contribution >= 4 is 22.9 Å². The molecule has 0 atom stereocenters. The fourth-order valence-corrected chi connectivity index (χ4v) is 2.10. The van der Waals surface area contributed by atoms with Crippen LogP contribution in [0.2, 0.25) is 4.34 Å². The molecule has 14 heavy (non-hydrogen) atoms. The Labute approximate surface area is 91.5 Å². The molecule has 2 rings (SSSR count). The number of hydrogen-bond acceptors (Lipinski definition) is 3. The predicted octanol–water partition coefficient (Wildman–Crippen LogP) is 4.18. The van der Waals surface area contributed by atoms with Crippen LogP contribution in [0.3, 0.4) is 0 Å². The van der Waals surface area contributed by atoms with Crippen molar-refractivity contribution in [1.29, 1.82) is 0 Å². The number of hydrogen-bond donors (Lipinski definition) is 0. The van der Waals surface area contributed by atoms with Crippen LogP contribution in [-0.4, -0.2) is 4.98 Å². The highest BCUT2D eigenvalue weighted by Gasteiger charge is 2.10. The lowest BCUT2D eigenvalue weighted by atomic mass is 10.2. The molecule has 4 heteroatoms. The maximum absolute atomic E-state index is 5.84. The van der Waals surface area contributed by atoms with Crippen LogP contribution < -0.4 is 0 Å². The number of halogens is 1. The fourth-order valence-electron chi connectivity index (χ4n) is 1.12. The molecule has 0 saturated heterocycles. The van der Waals surface area contributed by atoms with E-state index in [-0.39, 0.29) is 0 Å². The summed E-state index contributed by atoms with van der Waals surface area (Å²) in [7, 11) is 0. The maximum Gasteiger partial charge on any atom is 0.197 e. The van der Waals surface area contributed by atoms with E-state index in [1.54, 1.807) is 6.20 Å². The van der Waals surface area contributed by atoms with Gasteiger partial charge in [-0.1, -0.05) is 25.4 Å². The van der Waals surface area contributed by atoms with E-state index in [9.17, 15) is 0 Å². The maximum atomic E-state index is 5.84. The van der Waals surface area contributed by atoms with Gasteiger partial charge < -0.3 is 4.42 Å². The number of oxazole rings is 1. The van der Waals surface area contributed by atoms with Gasteiger partial charge in [0.25, 0.3) is 0 Å². The predicted molar refractivity (Wildman–Crippen MR) is 58.9 cm³/mol. The van der Waals surface area contributed by atoms with Gasteiger partial charge in [-0.15, -0.1) is 11.3 Å². The smallest absolute Gasteiger partial charge is 0.197 e. The van der Waals surface area contributed by atoms with E-state index in [1.807, 2.05) is 12.1 Å². The van der Waals surface area contributed by atoms with Gasteiger partial charge in [0.1, 0.15) is 0 Å². The minimum Gasteiger partial charge on any atom is -0.440 e. The lowest BCUT2D eigenvalue weighted by Crippen LogP contribution is -1.84. The largest absolute Gasteiger partial charge is 0.440 e. The van der Waals surface area contributed by atoms with Crippen LogP contribution in [-0.2, 0) is 0 Å². The van der Waals surface area contributed by atoms with Gasteiger partial charge in [-0.05, 0) is 12.1 Å². The van der Waals surface area contributed by atoms with Gasteiger partial charge in [-0.3, -0.25) is 0 Å². The van der Waals surface area contributed by atoms with Gasteiger partial charge in [0.15, 0.2) is 11.7 Å². The van der Waals surface area contributed by atoms with E-state index in [1.165, 1.54) is 11.3 Å². The molecule has 2 aromatic heterocycles. The van der Waals surface area contributed by atoms with Gasteiger partial charge in [0.2, 0.25) is 0 Å². The number of aromatic nitrogens is 1. The summed E-state index contributed by atoms with van der Waals surface area (Å²) < 4.78 is 6.35. The van der Waals surface area contributed by atoms with E-state index < -0.39 is 0 Å². The van der Waals surface area contributed by atoms with Crippen LogP contribution in [0.25, 0.3) is 10.6 Å². The zero-order chi connectivity index (χ0) is 10.1. The molecule has 0 spiro atoms. The Bertz CT molecular complexity index is 433. The molecule has 2 aromatic rings. The van der Waals surface area contributed by atoms with Crippen molar-refractivity contribution in [2.45, 2.75) is 19.8 Å². The molecule has 2 heterocycles. The highest BCUT2D eigenvalue weighted by molar-refractivity contribution is 7.19. The van der Waals surface area contributed by atoms with Crippen molar-refractivity contribution in [2.24, 2.45) is 0 Å². The van der Waals surface area contributed by atoms with Crippen molar-refractivity contribution in [3.05, 3.63) is 28.6 Å². The number of thiophene rings is 1. The van der Waals surface area contributed by atoms with Crippen LogP contribution in [0.4, 0.5) is 0 Å². The minimum atomic E-state index is 0.319. The lowest BCUT2D eigenvalue weighted by Gasteiger charge is -1.95. The molecule has 0 saturated carbocycles. The molecule has 0 bridgehead atoms. The normalized spacial score (nSPS) is 11.1. The summed E-state index contributed by atoms with van der Waals surface area (Å²) in [5.74, 6) is 1.88. The van der Waals surface area contributed by atoms with Crippen LogP contribution in [0.15, 0.2) is 22.7 Å². The van der Waals surface area contributed by atoms with Crippen LogP contribution in [0.1, 0.15) is 25.7 Å². The van der Waals surface area contributed by atoms with Crippen molar-refractivity contribution < 1.29 is 4.42 Å². The first kappa shape index (κ1) is 9.74. The molecule has 0 radical (unpaired) electrons. The molecule has 0 amide bonds. The molecule has 0 fully saturated rings. The topological polar surface area (TPSA) is 26.0 Å². The molecule has 0 unspecified atom stereocenters. The SMILES string of the molecule is CC(C)c1ncc(-c2ccc(Cl)s2)o1. The molecular formula is C10H10ClNOS. The Morgan fingerprint density at radius 1 is 1.43 bits per heavy atom. The summed E-state index contributed by atoms with van der Waals surface area (Å²) in [5.41, 5.74) is 0. The third-order valence-corrected chi connectivity index (χ3v) is 3.08. The van der Waals surface area contributed by atoms with Crippen molar-refractivity contribution in [2.75, 3.05) is 0 Å². The standard InChI is InChI=1S/C10H10ClNOS/c1-6(2)10-12-5-7(13-10)8-3-4-9(11)14-8/h3-6H,1-2H3. The summed E-state index contributed by atoms with van der Waals surface area (Å²) in [4.78, 5) is 5.22. The average molecular weight is 228 g/mol. The second-order valence-corrected chi connectivity index (χ2v) is 5.04. The van der Waals surface area contributed by atoms with Gasteiger partial charge in [-0.25, -0.2) is 4.98 Å². The van der Waals surface area contributed by atoms with E-state index >= 15 is 0 Å². The Hall–Kier alpha value is -0.800. The van der Waals surface area contributed by atoms with Gasteiger partial charge in [0.05, 0.1) is 15.4 Å². The molecule has 2 nitrogen and oxygen atoms in total. The first-order valence-electron chi connectivity index (χ1n) is 4.38. The first-order valence-corrected chi connectivity index (χ1v) is 5.57. The molecule has 0 aliphatic heterocycles. The average Bonchev–Trinajstić information content (AvgIpc) is 2.70. The highest BCUT2D eigenvalue weighted by Crippen LogP contribution is 2.32. The molecule has 74 valence electrons. The Balaban J connectivity index is 2.33. The highest BCUT2D eigenvalue weighted by atomic mass is 35.5. The fraction of sp³-hybridized carbons (Fsp3) is 0.300. The summed E-state index contributed by atoms with van der Waals surface area (Å²) in [6.45, 7) is 4.11. The zero-order valence-corrected chi connectivity index (χ0v) is 9.52.